The van der Waals surface area contributed by atoms with Gasteiger partial charge in [0.05, 0.1) is 5.41 Å². The Labute approximate surface area is 109 Å². The zero-order valence-electron chi connectivity index (χ0n) is 11.7. The maximum atomic E-state index is 11.5. The Morgan fingerprint density at radius 3 is 2.17 bits per heavy atom. The van der Waals surface area contributed by atoms with Gasteiger partial charge in [-0.15, -0.1) is 0 Å². The van der Waals surface area contributed by atoms with Crippen molar-refractivity contribution in [1.29, 1.82) is 0 Å². The Kier molecular flexibility index (Phi) is 3.22. The van der Waals surface area contributed by atoms with E-state index in [1.54, 1.807) is 0 Å². The molecule has 0 bridgehead atoms. The fourth-order valence-electron chi connectivity index (χ4n) is 2.57. The molecule has 1 aromatic rings. The van der Waals surface area contributed by atoms with Gasteiger partial charge >= 0.3 is 5.97 Å². The first-order chi connectivity index (χ1) is 8.38. The van der Waals surface area contributed by atoms with Gasteiger partial charge in [-0.25, -0.2) is 0 Å². The summed E-state index contributed by atoms with van der Waals surface area (Å²) in [5, 5.41) is 9.49. The second-order valence-corrected chi connectivity index (χ2v) is 6.04. The minimum absolute atomic E-state index is 0.373. The van der Waals surface area contributed by atoms with E-state index in [-0.39, 0.29) is 0 Å². The Bertz CT molecular complexity index is 468. The summed E-state index contributed by atoms with van der Waals surface area (Å²) >= 11 is 0. The van der Waals surface area contributed by atoms with Gasteiger partial charge in [0.15, 0.2) is 0 Å². The van der Waals surface area contributed by atoms with Gasteiger partial charge in [0.2, 0.25) is 0 Å². The molecule has 0 atom stereocenters. The van der Waals surface area contributed by atoms with Crippen LogP contribution in [0.5, 0.6) is 0 Å². The van der Waals surface area contributed by atoms with E-state index in [0.717, 1.165) is 18.4 Å². The lowest BCUT2D eigenvalue weighted by Gasteiger charge is -2.20. The van der Waals surface area contributed by atoms with Crippen molar-refractivity contribution in [2.75, 3.05) is 0 Å². The van der Waals surface area contributed by atoms with E-state index in [2.05, 4.69) is 45.9 Å². The average molecular weight is 246 g/mol. The summed E-state index contributed by atoms with van der Waals surface area (Å²) in [5.74, 6) is 0.151. The fraction of sp³-hybridized carbons (Fsp3) is 0.562. The molecule has 0 radical (unpaired) electrons. The molecule has 1 fully saturated rings. The Morgan fingerprint density at radius 1 is 1.17 bits per heavy atom. The van der Waals surface area contributed by atoms with Crippen molar-refractivity contribution in [1.82, 2.24) is 0 Å². The van der Waals surface area contributed by atoms with Crippen molar-refractivity contribution in [3.8, 4) is 0 Å². The largest absolute Gasteiger partial charge is 0.481 e. The summed E-state index contributed by atoms with van der Waals surface area (Å²) in [6, 6.07) is 6.39. The van der Waals surface area contributed by atoms with Gasteiger partial charge in [-0.2, -0.15) is 0 Å². The van der Waals surface area contributed by atoms with E-state index in [1.165, 1.54) is 11.1 Å². The first kappa shape index (κ1) is 13.1. The van der Waals surface area contributed by atoms with Gasteiger partial charge in [0.25, 0.3) is 0 Å². The molecule has 2 heteroatoms. The Balaban J connectivity index is 2.55. The van der Waals surface area contributed by atoms with Crippen LogP contribution in [0.2, 0.25) is 0 Å². The van der Waals surface area contributed by atoms with Crippen molar-refractivity contribution in [3.63, 3.8) is 0 Å². The minimum atomic E-state index is -0.662. The number of carbonyl (C=O) groups is 1. The van der Waals surface area contributed by atoms with Crippen LogP contribution >= 0.6 is 0 Å². The molecule has 1 N–H and O–H groups in total. The lowest BCUT2D eigenvalue weighted by Crippen LogP contribution is -2.22. The fourth-order valence-corrected chi connectivity index (χ4v) is 2.57. The molecule has 0 heterocycles. The van der Waals surface area contributed by atoms with Crippen LogP contribution in [-0.4, -0.2) is 11.1 Å². The predicted octanol–water partition coefficient (Wildman–Crippen LogP) is 4.05. The van der Waals surface area contributed by atoms with E-state index < -0.39 is 11.4 Å². The van der Waals surface area contributed by atoms with Crippen LogP contribution in [0.15, 0.2) is 18.2 Å². The maximum absolute atomic E-state index is 11.5. The van der Waals surface area contributed by atoms with E-state index >= 15 is 0 Å². The molecule has 0 unspecified atom stereocenters. The number of hydrogen-bond acceptors (Lipinski definition) is 1. The minimum Gasteiger partial charge on any atom is -0.481 e. The third-order valence-electron chi connectivity index (χ3n) is 4.04. The molecule has 0 aliphatic heterocycles. The summed E-state index contributed by atoms with van der Waals surface area (Å²) in [5.41, 5.74) is 2.89. The van der Waals surface area contributed by atoms with Crippen LogP contribution in [0.4, 0.5) is 0 Å². The van der Waals surface area contributed by atoms with Crippen molar-refractivity contribution >= 4 is 5.97 Å². The highest BCUT2D eigenvalue weighted by Gasteiger charge is 2.52. The van der Waals surface area contributed by atoms with Crippen LogP contribution in [-0.2, 0) is 10.2 Å². The maximum Gasteiger partial charge on any atom is 0.314 e. The van der Waals surface area contributed by atoms with E-state index in [4.69, 9.17) is 0 Å². The topological polar surface area (TPSA) is 37.3 Å². The summed E-state index contributed by atoms with van der Waals surface area (Å²) in [6.07, 6.45) is 1.56. The molecule has 98 valence electrons. The molecule has 1 aliphatic rings. The van der Waals surface area contributed by atoms with Crippen LogP contribution in [0.25, 0.3) is 0 Å². The Hall–Kier alpha value is -1.31. The molecule has 2 rings (SSSR count). The molecule has 1 aliphatic carbocycles. The van der Waals surface area contributed by atoms with Crippen LogP contribution in [0.3, 0.4) is 0 Å². The third kappa shape index (κ3) is 2.05. The zero-order chi connectivity index (χ0) is 13.5. The van der Waals surface area contributed by atoms with Gasteiger partial charge in [0.1, 0.15) is 0 Å². The van der Waals surface area contributed by atoms with Crippen molar-refractivity contribution in [2.24, 2.45) is 0 Å². The summed E-state index contributed by atoms with van der Waals surface area (Å²) < 4.78 is 0. The van der Waals surface area contributed by atoms with Gasteiger partial charge in [-0.3, -0.25) is 4.79 Å². The molecule has 1 aromatic carbocycles. The lowest BCUT2D eigenvalue weighted by atomic mass is 9.84. The monoisotopic (exact) mass is 246 g/mol. The molecule has 0 aromatic heterocycles. The number of rotatable bonds is 4. The molecule has 0 amide bonds. The SMILES string of the molecule is CC(C)c1ccc(C(C)C)c(C2(C(=O)O)CC2)c1. The highest BCUT2D eigenvalue weighted by Crippen LogP contribution is 2.51. The standard InChI is InChI=1S/C16H22O2/c1-10(2)12-5-6-13(11(3)4)14(9-12)16(7-8-16)15(17)18/h5-6,9-11H,7-8H2,1-4H3,(H,17,18). The molecule has 1 saturated carbocycles. The van der Waals surface area contributed by atoms with Gasteiger partial charge < -0.3 is 5.11 Å². The highest BCUT2D eigenvalue weighted by atomic mass is 16.4. The van der Waals surface area contributed by atoms with Crippen molar-refractivity contribution in [2.45, 2.75) is 57.8 Å². The number of benzene rings is 1. The second-order valence-electron chi connectivity index (χ2n) is 6.04. The molecule has 0 saturated heterocycles. The quantitative estimate of drug-likeness (QED) is 0.870. The first-order valence-electron chi connectivity index (χ1n) is 6.76. The third-order valence-corrected chi connectivity index (χ3v) is 4.04. The van der Waals surface area contributed by atoms with E-state index in [1.807, 2.05) is 0 Å². The number of carboxylic acid groups (broad SMARTS) is 1. The lowest BCUT2D eigenvalue weighted by molar-refractivity contribution is -0.140. The molecular formula is C16H22O2. The number of aliphatic carboxylic acids is 1. The van der Waals surface area contributed by atoms with E-state index in [0.29, 0.717) is 11.8 Å². The molecular weight excluding hydrogens is 224 g/mol. The summed E-state index contributed by atoms with van der Waals surface area (Å²) in [6.45, 7) is 8.56. The van der Waals surface area contributed by atoms with Crippen LogP contribution in [0, 0.1) is 0 Å². The highest BCUT2D eigenvalue weighted by molar-refractivity contribution is 5.85. The average Bonchev–Trinajstić information content (AvgIpc) is 3.09. The van der Waals surface area contributed by atoms with Crippen LogP contribution < -0.4 is 0 Å². The zero-order valence-corrected chi connectivity index (χ0v) is 11.7. The second kappa shape index (κ2) is 4.42. The first-order valence-corrected chi connectivity index (χ1v) is 6.76. The molecule has 0 spiro atoms. The molecule has 18 heavy (non-hydrogen) atoms. The van der Waals surface area contributed by atoms with E-state index in [9.17, 15) is 9.90 Å². The number of carboxylic acids is 1. The van der Waals surface area contributed by atoms with Gasteiger partial charge in [-0.05, 0) is 41.4 Å². The predicted molar refractivity (Wildman–Crippen MR) is 73.2 cm³/mol. The summed E-state index contributed by atoms with van der Waals surface area (Å²) in [7, 11) is 0. The van der Waals surface area contributed by atoms with Crippen LogP contribution in [0.1, 0.15) is 69.1 Å². The summed E-state index contributed by atoms with van der Waals surface area (Å²) in [4.78, 5) is 11.5. The van der Waals surface area contributed by atoms with Crippen molar-refractivity contribution in [3.05, 3.63) is 34.9 Å². The van der Waals surface area contributed by atoms with Crippen molar-refractivity contribution < 1.29 is 9.90 Å². The Morgan fingerprint density at radius 2 is 1.78 bits per heavy atom. The van der Waals surface area contributed by atoms with Gasteiger partial charge in [-0.1, -0.05) is 45.9 Å². The smallest absolute Gasteiger partial charge is 0.314 e. The normalized spacial score (nSPS) is 17.2. The number of hydrogen-bond donors (Lipinski definition) is 1. The molecule has 2 nitrogen and oxygen atoms in total. The van der Waals surface area contributed by atoms with Gasteiger partial charge in [0, 0.05) is 0 Å².